The molecule has 0 aromatic heterocycles. The van der Waals surface area contributed by atoms with Crippen LogP contribution in [0.25, 0.3) is 0 Å². The SMILES string of the molecule is CC(Nc1ccc(F)c(Br)c1)c1ccccc1C(F)(F)F. The lowest BCUT2D eigenvalue weighted by Gasteiger charge is -2.20. The lowest BCUT2D eigenvalue weighted by molar-refractivity contribution is -0.138. The fourth-order valence-electron chi connectivity index (χ4n) is 2.05. The van der Waals surface area contributed by atoms with Crippen LogP contribution in [-0.2, 0) is 6.18 Å². The van der Waals surface area contributed by atoms with Crippen LogP contribution in [0.4, 0.5) is 23.2 Å². The highest BCUT2D eigenvalue weighted by molar-refractivity contribution is 9.10. The molecule has 0 saturated carbocycles. The second-order valence-corrected chi connectivity index (χ2v) is 5.43. The van der Waals surface area contributed by atoms with Crippen molar-refractivity contribution in [3.05, 3.63) is 63.9 Å². The van der Waals surface area contributed by atoms with E-state index < -0.39 is 23.6 Å². The molecule has 6 heteroatoms. The number of alkyl halides is 3. The van der Waals surface area contributed by atoms with Crippen LogP contribution >= 0.6 is 15.9 Å². The van der Waals surface area contributed by atoms with E-state index in [1.807, 2.05) is 0 Å². The molecule has 1 atom stereocenters. The molecule has 0 bridgehead atoms. The molecule has 2 rings (SSSR count). The number of halogens is 5. The van der Waals surface area contributed by atoms with Gasteiger partial charge in [0.15, 0.2) is 0 Å². The van der Waals surface area contributed by atoms with Crippen molar-refractivity contribution in [1.29, 1.82) is 0 Å². The minimum atomic E-state index is -4.41. The fourth-order valence-corrected chi connectivity index (χ4v) is 2.43. The molecule has 1 N–H and O–H groups in total. The first kappa shape index (κ1) is 15.8. The first-order valence-corrected chi connectivity index (χ1v) is 6.96. The zero-order valence-electron chi connectivity index (χ0n) is 11.0. The molecule has 0 heterocycles. The number of rotatable bonds is 3. The lowest BCUT2D eigenvalue weighted by Crippen LogP contribution is -2.15. The van der Waals surface area contributed by atoms with Crippen LogP contribution in [0.5, 0.6) is 0 Å². The van der Waals surface area contributed by atoms with E-state index in [1.54, 1.807) is 13.0 Å². The summed E-state index contributed by atoms with van der Waals surface area (Å²) in [7, 11) is 0. The van der Waals surface area contributed by atoms with Crippen LogP contribution < -0.4 is 5.32 Å². The smallest absolute Gasteiger partial charge is 0.378 e. The maximum atomic E-state index is 13.2. The van der Waals surface area contributed by atoms with E-state index in [-0.39, 0.29) is 10.0 Å². The number of hydrogen-bond acceptors (Lipinski definition) is 1. The second kappa shape index (κ2) is 6.05. The molecule has 0 amide bonds. The highest BCUT2D eigenvalue weighted by Crippen LogP contribution is 2.35. The van der Waals surface area contributed by atoms with Gasteiger partial charge in [-0.05, 0) is 52.7 Å². The van der Waals surface area contributed by atoms with Gasteiger partial charge in [-0.2, -0.15) is 13.2 Å². The molecule has 0 spiro atoms. The van der Waals surface area contributed by atoms with Gasteiger partial charge in [0.05, 0.1) is 10.0 Å². The minimum absolute atomic E-state index is 0.144. The maximum Gasteiger partial charge on any atom is 0.416 e. The van der Waals surface area contributed by atoms with E-state index in [0.29, 0.717) is 5.69 Å². The topological polar surface area (TPSA) is 12.0 Å². The van der Waals surface area contributed by atoms with Crippen LogP contribution in [0, 0.1) is 5.82 Å². The summed E-state index contributed by atoms with van der Waals surface area (Å²) in [5.41, 5.74) is 0.00405. The van der Waals surface area contributed by atoms with E-state index in [4.69, 9.17) is 0 Å². The zero-order valence-corrected chi connectivity index (χ0v) is 12.6. The first-order valence-electron chi connectivity index (χ1n) is 6.16. The molecule has 21 heavy (non-hydrogen) atoms. The van der Waals surface area contributed by atoms with E-state index in [1.165, 1.54) is 30.3 Å². The third-order valence-corrected chi connectivity index (χ3v) is 3.64. The van der Waals surface area contributed by atoms with Crippen molar-refractivity contribution in [3.63, 3.8) is 0 Å². The van der Waals surface area contributed by atoms with Gasteiger partial charge in [0.25, 0.3) is 0 Å². The Morgan fingerprint density at radius 3 is 2.38 bits per heavy atom. The quantitative estimate of drug-likeness (QED) is 0.683. The summed E-state index contributed by atoms with van der Waals surface area (Å²) in [6.45, 7) is 1.63. The van der Waals surface area contributed by atoms with Crippen molar-refractivity contribution >= 4 is 21.6 Å². The molecule has 0 fully saturated rings. The predicted molar refractivity (Wildman–Crippen MR) is 77.6 cm³/mol. The van der Waals surface area contributed by atoms with Gasteiger partial charge in [-0.3, -0.25) is 0 Å². The molecule has 0 radical (unpaired) electrons. The number of hydrogen-bond donors (Lipinski definition) is 1. The van der Waals surface area contributed by atoms with Crippen molar-refractivity contribution < 1.29 is 17.6 Å². The van der Waals surface area contributed by atoms with Crippen LogP contribution in [0.3, 0.4) is 0 Å². The van der Waals surface area contributed by atoms with Gasteiger partial charge in [-0.1, -0.05) is 18.2 Å². The summed E-state index contributed by atoms with van der Waals surface area (Å²) in [6.07, 6.45) is -4.41. The fraction of sp³-hybridized carbons (Fsp3) is 0.200. The van der Waals surface area contributed by atoms with Gasteiger partial charge in [-0.15, -0.1) is 0 Å². The third kappa shape index (κ3) is 3.75. The van der Waals surface area contributed by atoms with E-state index in [9.17, 15) is 17.6 Å². The van der Waals surface area contributed by atoms with Gasteiger partial charge in [-0.25, -0.2) is 4.39 Å². The molecule has 2 aromatic rings. The van der Waals surface area contributed by atoms with Gasteiger partial charge >= 0.3 is 6.18 Å². The highest BCUT2D eigenvalue weighted by atomic mass is 79.9. The standard InChI is InChI=1S/C15H12BrF4N/c1-9(21-10-6-7-14(17)13(16)8-10)11-4-2-3-5-12(11)15(18,19)20/h2-9,21H,1H3. The van der Waals surface area contributed by atoms with Gasteiger partial charge in [0, 0.05) is 11.7 Å². The Labute approximate surface area is 128 Å². The third-order valence-electron chi connectivity index (χ3n) is 3.04. The number of anilines is 1. The molecule has 0 aliphatic carbocycles. The normalized spacial score (nSPS) is 13.0. The van der Waals surface area contributed by atoms with Crippen LogP contribution in [0.15, 0.2) is 46.9 Å². The van der Waals surface area contributed by atoms with Crippen molar-refractivity contribution in [1.82, 2.24) is 0 Å². The number of nitrogens with one attached hydrogen (secondary N) is 1. The molecule has 1 nitrogen and oxygen atoms in total. The average molecular weight is 362 g/mol. The zero-order chi connectivity index (χ0) is 15.6. The molecule has 112 valence electrons. The summed E-state index contributed by atoms with van der Waals surface area (Å²) in [5, 5.41) is 2.94. The Kier molecular flexibility index (Phi) is 4.56. The Morgan fingerprint density at radius 2 is 1.76 bits per heavy atom. The molecule has 0 aliphatic heterocycles. The second-order valence-electron chi connectivity index (χ2n) is 4.58. The summed E-state index contributed by atoms with van der Waals surface area (Å²) in [5.74, 6) is -0.427. The largest absolute Gasteiger partial charge is 0.416 e. The Morgan fingerprint density at radius 1 is 1.10 bits per heavy atom. The summed E-state index contributed by atoms with van der Waals surface area (Å²) in [4.78, 5) is 0. The first-order chi connectivity index (χ1) is 9.79. The van der Waals surface area contributed by atoms with Crippen LogP contribution in [0.2, 0.25) is 0 Å². The van der Waals surface area contributed by atoms with Crippen molar-refractivity contribution in [2.24, 2.45) is 0 Å². The Balaban J connectivity index is 2.28. The molecular formula is C15H12BrF4N. The van der Waals surface area contributed by atoms with Crippen LogP contribution in [-0.4, -0.2) is 0 Å². The monoisotopic (exact) mass is 361 g/mol. The van der Waals surface area contributed by atoms with Crippen molar-refractivity contribution in [2.45, 2.75) is 19.1 Å². The maximum absolute atomic E-state index is 13.2. The van der Waals surface area contributed by atoms with Crippen molar-refractivity contribution in [2.75, 3.05) is 5.32 Å². The van der Waals surface area contributed by atoms with Crippen LogP contribution in [0.1, 0.15) is 24.1 Å². The average Bonchev–Trinajstić information content (AvgIpc) is 2.42. The van der Waals surface area contributed by atoms with Gasteiger partial charge in [0.2, 0.25) is 0 Å². The molecule has 1 unspecified atom stereocenters. The molecular weight excluding hydrogens is 350 g/mol. The molecule has 2 aromatic carbocycles. The van der Waals surface area contributed by atoms with E-state index in [0.717, 1.165) is 6.07 Å². The van der Waals surface area contributed by atoms with E-state index in [2.05, 4.69) is 21.2 Å². The summed E-state index contributed by atoms with van der Waals surface area (Å²) >= 11 is 3.04. The Bertz CT molecular complexity index is 640. The van der Waals surface area contributed by atoms with Crippen molar-refractivity contribution in [3.8, 4) is 0 Å². The lowest BCUT2D eigenvalue weighted by atomic mass is 10.0. The number of benzene rings is 2. The summed E-state index contributed by atoms with van der Waals surface area (Å²) < 4.78 is 52.3. The highest BCUT2D eigenvalue weighted by Gasteiger charge is 2.34. The van der Waals surface area contributed by atoms with Gasteiger partial charge < -0.3 is 5.32 Å². The predicted octanol–water partition coefficient (Wildman–Crippen LogP) is 5.78. The van der Waals surface area contributed by atoms with E-state index >= 15 is 0 Å². The molecule has 0 saturated heterocycles. The molecule has 0 aliphatic rings. The summed E-state index contributed by atoms with van der Waals surface area (Å²) in [6, 6.07) is 9.04. The minimum Gasteiger partial charge on any atom is -0.378 e. The Hall–Kier alpha value is -1.56. The van der Waals surface area contributed by atoms with Gasteiger partial charge in [0.1, 0.15) is 5.82 Å².